The molecule has 130 valence electrons. The van der Waals surface area contributed by atoms with Gasteiger partial charge in [0.2, 0.25) is 11.8 Å². The molecule has 0 aliphatic carbocycles. The summed E-state index contributed by atoms with van der Waals surface area (Å²) in [6, 6.07) is -0.724. The SMILES string of the molecule is CCC(=N[C@@H](C)CCCN(CC)CC)C1C(=O)NC(=O)NC1=O. The van der Waals surface area contributed by atoms with Gasteiger partial charge in [0.25, 0.3) is 0 Å². The Hall–Kier alpha value is -1.76. The van der Waals surface area contributed by atoms with Gasteiger partial charge in [0.15, 0.2) is 5.92 Å². The Balaban J connectivity index is 2.65. The number of hydrogen-bond acceptors (Lipinski definition) is 5. The van der Waals surface area contributed by atoms with Crippen LogP contribution in [-0.4, -0.2) is 54.1 Å². The van der Waals surface area contributed by atoms with Crippen molar-refractivity contribution < 1.29 is 14.4 Å². The number of amides is 4. The molecule has 23 heavy (non-hydrogen) atoms. The largest absolute Gasteiger partial charge is 0.328 e. The first-order valence-corrected chi connectivity index (χ1v) is 8.37. The molecule has 0 unspecified atom stereocenters. The Morgan fingerprint density at radius 2 is 1.70 bits per heavy atom. The molecule has 1 rings (SSSR count). The van der Waals surface area contributed by atoms with Crippen molar-refractivity contribution in [3.8, 4) is 0 Å². The second-order valence-corrected chi connectivity index (χ2v) is 5.73. The first kappa shape index (κ1) is 19.3. The van der Waals surface area contributed by atoms with Gasteiger partial charge in [-0.15, -0.1) is 0 Å². The van der Waals surface area contributed by atoms with Crippen LogP contribution >= 0.6 is 0 Å². The minimum Gasteiger partial charge on any atom is -0.304 e. The third-order valence-corrected chi connectivity index (χ3v) is 4.07. The fraction of sp³-hybridized carbons (Fsp3) is 0.750. The van der Waals surface area contributed by atoms with Crippen LogP contribution in [0.15, 0.2) is 4.99 Å². The number of imide groups is 2. The van der Waals surface area contributed by atoms with Crippen LogP contribution in [0.4, 0.5) is 4.79 Å². The Bertz CT molecular complexity index is 452. The lowest BCUT2D eigenvalue weighted by Gasteiger charge is -2.23. The summed E-state index contributed by atoms with van der Waals surface area (Å²) in [4.78, 5) is 41.8. The number of aliphatic imine (C=N–C) groups is 1. The highest BCUT2D eigenvalue weighted by atomic mass is 16.2. The predicted molar refractivity (Wildman–Crippen MR) is 89.4 cm³/mol. The maximum Gasteiger partial charge on any atom is 0.328 e. The third-order valence-electron chi connectivity index (χ3n) is 4.07. The van der Waals surface area contributed by atoms with Crippen LogP contribution in [0, 0.1) is 5.92 Å². The molecule has 0 radical (unpaired) electrons. The monoisotopic (exact) mass is 324 g/mol. The molecule has 1 aliphatic heterocycles. The van der Waals surface area contributed by atoms with E-state index in [4.69, 9.17) is 0 Å². The van der Waals surface area contributed by atoms with Crippen LogP contribution in [0.3, 0.4) is 0 Å². The Morgan fingerprint density at radius 3 is 2.17 bits per heavy atom. The number of barbiturate groups is 1. The molecule has 7 heteroatoms. The van der Waals surface area contributed by atoms with Crippen molar-refractivity contribution in [2.24, 2.45) is 10.9 Å². The molecule has 2 N–H and O–H groups in total. The minimum absolute atomic E-state index is 0.0405. The van der Waals surface area contributed by atoms with Crippen LogP contribution in [0.1, 0.15) is 47.0 Å². The maximum atomic E-state index is 11.9. The molecule has 0 aromatic rings. The van der Waals surface area contributed by atoms with Gasteiger partial charge in [-0.2, -0.15) is 0 Å². The van der Waals surface area contributed by atoms with Gasteiger partial charge >= 0.3 is 6.03 Å². The fourth-order valence-electron chi connectivity index (χ4n) is 2.69. The molecule has 4 amide bonds. The van der Waals surface area contributed by atoms with E-state index < -0.39 is 23.8 Å². The van der Waals surface area contributed by atoms with Crippen LogP contribution in [-0.2, 0) is 9.59 Å². The van der Waals surface area contributed by atoms with Gasteiger partial charge in [0.05, 0.1) is 0 Å². The maximum absolute atomic E-state index is 11.9. The highest BCUT2D eigenvalue weighted by Gasteiger charge is 2.37. The molecule has 1 heterocycles. The van der Waals surface area contributed by atoms with Gasteiger partial charge in [0, 0.05) is 11.8 Å². The van der Waals surface area contributed by atoms with E-state index in [9.17, 15) is 14.4 Å². The molecule has 0 saturated carbocycles. The third kappa shape index (κ3) is 5.74. The van der Waals surface area contributed by atoms with Crippen LogP contribution in [0.5, 0.6) is 0 Å². The van der Waals surface area contributed by atoms with E-state index in [1.54, 1.807) is 0 Å². The zero-order valence-electron chi connectivity index (χ0n) is 14.5. The molecule has 7 nitrogen and oxygen atoms in total. The highest BCUT2D eigenvalue weighted by molar-refractivity contribution is 6.27. The molecule has 0 spiro atoms. The van der Waals surface area contributed by atoms with E-state index >= 15 is 0 Å². The second-order valence-electron chi connectivity index (χ2n) is 5.73. The summed E-state index contributed by atoms with van der Waals surface area (Å²) >= 11 is 0. The molecule has 1 atom stereocenters. The first-order valence-electron chi connectivity index (χ1n) is 8.37. The smallest absolute Gasteiger partial charge is 0.304 e. The van der Waals surface area contributed by atoms with Gasteiger partial charge in [-0.05, 0) is 45.8 Å². The van der Waals surface area contributed by atoms with Gasteiger partial charge in [-0.3, -0.25) is 25.2 Å². The normalized spacial score (nSPS) is 18.1. The summed E-state index contributed by atoms with van der Waals surface area (Å²) in [5.74, 6) is -2.17. The summed E-state index contributed by atoms with van der Waals surface area (Å²) in [6.07, 6.45) is 2.42. The lowest BCUT2D eigenvalue weighted by molar-refractivity contribution is -0.132. The molecule has 0 bridgehead atoms. The molecule has 1 saturated heterocycles. The average Bonchev–Trinajstić information content (AvgIpc) is 2.49. The van der Waals surface area contributed by atoms with Crippen molar-refractivity contribution in [2.45, 2.75) is 53.0 Å². The van der Waals surface area contributed by atoms with Gasteiger partial charge < -0.3 is 4.90 Å². The summed E-state index contributed by atoms with van der Waals surface area (Å²) in [6.45, 7) is 11.2. The van der Waals surface area contributed by atoms with Crippen molar-refractivity contribution in [3.05, 3.63) is 0 Å². The molecular formula is C16H28N4O3. The van der Waals surface area contributed by atoms with E-state index in [-0.39, 0.29) is 6.04 Å². The van der Waals surface area contributed by atoms with E-state index in [1.807, 2.05) is 13.8 Å². The van der Waals surface area contributed by atoms with E-state index in [1.165, 1.54) is 0 Å². The Morgan fingerprint density at radius 1 is 1.13 bits per heavy atom. The van der Waals surface area contributed by atoms with Crippen molar-refractivity contribution >= 4 is 23.6 Å². The Labute approximate surface area is 137 Å². The number of hydrogen-bond donors (Lipinski definition) is 2. The molecule has 1 aliphatic rings. The summed E-state index contributed by atoms with van der Waals surface area (Å²) in [7, 11) is 0. The van der Waals surface area contributed by atoms with Gasteiger partial charge in [-0.25, -0.2) is 4.79 Å². The molecule has 1 fully saturated rings. The van der Waals surface area contributed by atoms with Crippen molar-refractivity contribution in [1.82, 2.24) is 15.5 Å². The van der Waals surface area contributed by atoms with E-state index in [0.29, 0.717) is 12.1 Å². The summed E-state index contributed by atoms with van der Waals surface area (Å²) in [5.41, 5.74) is 0.530. The van der Waals surface area contributed by atoms with Crippen LogP contribution in [0.2, 0.25) is 0 Å². The zero-order valence-corrected chi connectivity index (χ0v) is 14.5. The topological polar surface area (TPSA) is 90.9 Å². The number of urea groups is 1. The quantitative estimate of drug-likeness (QED) is 0.494. The summed E-state index contributed by atoms with van der Waals surface area (Å²) < 4.78 is 0. The minimum atomic E-state index is -0.997. The van der Waals surface area contributed by atoms with Gasteiger partial charge in [-0.1, -0.05) is 20.8 Å². The lowest BCUT2D eigenvalue weighted by Crippen LogP contribution is -2.58. The number of rotatable bonds is 9. The zero-order chi connectivity index (χ0) is 17.4. The summed E-state index contributed by atoms with van der Waals surface area (Å²) in [5, 5.41) is 4.25. The molecule has 0 aromatic carbocycles. The Kier molecular flexibility index (Phi) is 7.88. The second kappa shape index (κ2) is 9.39. The highest BCUT2D eigenvalue weighted by Crippen LogP contribution is 2.12. The number of nitrogens with one attached hydrogen (secondary N) is 2. The number of carbonyl (C=O) groups excluding carboxylic acids is 3. The number of nitrogens with zero attached hydrogens (tertiary/aromatic N) is 2. The lowest BCUT2D eigenvalue weighted by atomic mass is 9.97. The average molecular weight is 324 g/mol. The molecule has 0 aromatic heterocycles. The van der Waals surface area contributed by atoms with E-state index in [0.717, 1.165) is 32.5 Å². The van der Waals surface area contributed by atoms with Crippen LogP contribution < -0.4 is 10.6 Å². The predicted octanol–water partition coefficient (Wildman–Crippen LogP) is 1.33. The first-order chi connectivity index (χ1) is 10.9. The fourth-order valence-corrected chi connectivity index (χ4v) is 2.69. The standard InChI is InChI=1S/C16H28N4O3/c1-5-12(13-14(21)18-16(23)19-15(13)22)17-11(4)9-8-10-20(6-2)7-3/h11,13H,5-10H2,1-4H3,(H2,18,19,21,22,23)/t11-/m0/s1. The van der Waals surface area contributed by atoms with Crippen molar-refractivity contribution in [3.63, 3.8) is 0 Å². The van der Waals surface area contributed by atoms with Gasteiger partial charge in [0.1, 0.15) is 0 Å². The van der Waals surface area contributed by atoms with Crippen molar-refractivity contribution in [1.29, 1.82) is 0 Å². The van der Waals surface area contributed by atoms with Crippen LogP contribution in [0.25, 0.3) is 0 Å². The number of carbonyl (C=O) groups is 3. The van der Waals surface area contributed by atoms with Crippen molar-refractivity contribution in [2.75, 3.05) is 19.6 Å². The van der Waals surface area contributed by atoms with E-state index in [2.05, 4.69) is 34.4 Å². The molecular weight excluding hydrogens is 296 g/mol.